The lowest BCUT2D eigenvalue weighted by molar-refractivity contribution is 0.220. The molecular formula is C27H40N4O2. The molecule has 1 aromatic heterocycles. The van der Waals surface area contributed by atoms with Crippen LogP contribution in [-0.2, 0) is 19.4 Å². The number of benzene rings is 1. The third-order valence-corrected chi connectivity index (χ3v) is 6.12. The third-order valence-electron chi connectivity index (χ3n) is 6.12. The van der Waals surface area contributed by atoms with Gasteiger partial charge in [-0.1, -0.05) is 51.3 Å². The number of aromatic amines is 1. The third kappa shape index (κ3) is 8.35. The SMILES string of the molecule is CCCCCc1c(CC)nc(NC/C=C\COc2cccc(CN3CCCCC3)c2)[nH]c1=O. The zero-order chi connectivity index (χ0) is 23.3. The molecular weight excluding hydrogens is 412 g/mol. The second-order valence-corrected chi connectivity index (χ2v) is 8.80. The number of nitrogens with one attached hydrogen (secondary N) is 2. The van der Waals surface area contributed by atoms with Crippen molar-refractivity contribution in [2.45, 2.75) is 71.8 Å². The molecule has 33 heavy (non-hydrogen) atoms. The first-order chi connectivity index (χ1) is 16.2. The van der Waals surface area contributed by atoms with Crippen molar-refractivity contribution in [2.24, 2.45) is 0 Å². The summed E-state index contributed by atoms with van der Waals surface area (Å²) >= 11 is 0. The highest BCUT2D eigenvalue weighted by Crippen LogP contribution is 2.17. The molecule has 6 heteroatoms. The molecule has 0 radical (unpaired) electrons. The first-order valence-corrected chi connectivity index (χ1v) is 12.6. The second kappa shape index (κ2) is 13.8. The minimum absolute atomic E-state index is 0.0165. The maximum Gasteiger partial charge on any atom is 0.255 e. The van der Waals surface area contributed by atoms with Gasteiger partial charge in [0.15, 0.2) is 0 Å². The Bertz CT molecular complexity index is 932. The number of aryl methyl sites for hydroxylation is 1. The van der Waals surface area contributed by atoms with Crippen molar-refractivity contribution in [3.8, 4) is 5.75 Å². The van der Waals surface area contributed by atoms with Gasteiger partial charge in [-0.05, 0) is 69.0 Å². The summed E-state index contributed by atoms with van der Waals surface area (Å²) < 4.78 is 5.90. The Morgan fingerprint density at radius 1 is 1.15 bits per heavy atom. The van der Waals surface area contributed by atoms with E-state index in [1.807, 2.05) is 25.1 Å². The molecule has 1 aliphatic heterocycles. The number of nitrogens with zero attached hydrogens (tertiary/aromatic N) is 2. The molecule has 0 spiro atoms. The van der Waals surface area contributed by atoms with E-state index in [2.05, 4.69) is 45.3 Å². The molecule has 0 aliphatic carbocycles. The van der Waals surface area contributed by atoms with E-state index in [1.54, 1.807) is 0 Å². The van der Waals surface area contributed by atoms with Crippen LogP contribution in [0, 0.1) is 0 Å². The van der Waals surface area contributed by atoms with Crippen LogP contribution in [0.15, 0.2) is 41.2 Å². The number of aromatic nitrogens is 2. The van der Waals surface area contributed by atoms with Crippen LogP contribution in [-0.4, -0.2) is 41.1 Å². The van der Waals surface area contributed by atoms with E-state index in [0.717, 1.165) is 55.7 Å². The van der Waals surface area contributed by atoms with E-state index in [0.29, 0.717) is 19.1 Å². The number of ether oxygens (including phenoxy) is 1. The molecule has 0 saturated carbocycles. The second-order valence-electron chi connectivity index (χ2n) is 8.80. The summed E-state index contributed by atoms with van der Waals surface area (Å²) in [6.45, 7) is 8.70. The van der Waals surface area contributed by atoms with Gasteiger partial charge >= 0.3 is 0 Å². The summed E-state index contributed by atoms with van der Waals surface area (Å²) in [5, 5.41) is 3.19. The molecule has 1 aromatic carbocycles. The number of hydrogen-bond acceptors (Lipinski definition) is 5. The molecule has 1 saturated heterocycles. The molecule has 1 aliphatic rings. The molecule has 2 N–H and O–H groups in total. The van der Waals surface area contributed by atoms with Crippen molar-refractivity contribution >= 4 is 5.95 Å². The van der Waals surface area contributed by atoms with E-state index < -0.39 is 0 Å². The van der Waals surface area contributed by atoms with Crippen LogP contribution in [0.1, 0.15) is 69.2 Å². The molecule has 2 heterocycles. The standard InChI is InChI=1S/C27H40N4O2/c1-3-5-7-15-24-25(4-2)29-27(30-26(24)32)28-16-8-11-19-33-23-14-12-13-22(20-23)21-31-17-9-6-10-18-31/h8,11-14,20H,3-7,9-10,15-19,21H2,1-2H3,(H2,28,29,30,32)/b11-8-. The highest BCUT2D eigenvalue weighted by atomic mass is 16.5. The fourth-order valence-corrected chi connectivity index (χ4v) is 4.29. The van der Waals surface area contributed by atoms with Gasteiger partial charge in [0.25, 0.3) is 5.56 Å². The van der Waals surface area contributed by atoms with Crippen LogP contribution in [0.3, 0.4) is 0 Å². The monoisotopic (exact) mass is 452 g/mol. The first kappa shape index (κ1) is 25.0. The predicted molar refractivity (Wildman–Crippen MR) is 136 cm³/mol. The summed E-state index contributed by atoms with van der Waals surface area (Å²) in [7, 11) is 0. The van der Waals surface area contributed by atoms with Gasteiger partial charge in [0.05, 0.1) is 5.69 Å². The lowest BCUT2D eigenvalue weighted by atomic mass is 10.1. The van der Waals surface area contributed by atoms with E-state index >= 15 is 0 Å². The smallest absolute Gasteiger partial charge is 0.255 e. The van der Waals surface area contributed by atoms with Crippen LogP contribution < -0.4 is 15.6 Å². The van der Waals surface area contributed by atoms with Crippen molar-refractivity contribution in [3.63, 3.8) is 0 Å². The van der Waals surface area contributed by atoms with E-state index in [1.165, 1.54) is 37.9 Å². The highest BCUT2D eigenvalue weighted by molar-refractivity contribution is 5.31. The highest BCUT2D eigenvalue weighted by Gasteiger charge is 2.11. The lowest BCUT2D eigenvalue weighted by Gasteiger charge is -2.26. The van der Waals surface area contributed by atoms with Gasteiger partial charge in [-0.2, -0.15) is 0 Å². The minimum atomic E-state index is -0.0165. The summed E-state index contributed by atoms with van der Waals surface area (Å²) in [4.78, 5) is 22.5. The predicted octanol–water partition coefficient (Wildman–Crippen LogP) is 5.10. The molecule has 0 amide bonds. The average molecular weight is 453 g/mol. The van der Waals surface area contributed by atoms with Crippen molar-refractivity contribution in [2.75, 3.05) is 31.6 Å². The van der Waals surface area contributed by atoms with Gasteiger partial charge in [0.1, 0.15) is 12.4 Å². The van der Waals surface area contributed by atoms with Crippen LogP contribution in [0.4, 0.5) is 5.95 Å². The lowest BCUT2D eigenvalue weighted by Crippen LogP contribution is -2.29. The van der Waals surface area contributed by atoms with Crippen molar-refractivity contribution < 1.29 is 4.74 Å². The van der Waals surface area contributed by atoms with E-state index in [-0.39, 0.29) is 5.56 Å². The Balaban J connectivity index is 1.43. The maximum atomic E-state index is 12.5. The van der Waals surface area contributed by atoms with Crippen molar-refractivity contribution in [1.29, 1.82) is 0 Å². The van der Waals surface area contributed by atoms with Gasteiger partial charge < -0.3 is 10.1 Å². The van der Waals surface area contributed by atoms with E-state index in [9.17, 15) is 4.79 Å². The number of H-pyrrole nitrogens is 1. The van der Waals surface area contributed by atoms with Gasteiger partial charge in [-0.3, -0.25) is 14.7 Å². The zero-order valence-electron chi connectivity index (χ0n) is 20.4. The Morgan fingerprint density at radius 3 is 2.79 bits per heavy atom. The van der Waals surface area contributed by atoms with Crippen LogP contribution >= 0.6 is 0 Å². The van der Waals surface area contributed by atoms with Gasteiger partial charge in [-0.15, -0.1) is 0 Å². The molecule has 0 unspecified atom stereocenters. The summed E-state index contributed by atoms with van der Waals surface area (Å²) in [6, 6.07) is 8.40. The number of rotatable bonds is 13. The largest absolute Gasteiger partial charge is 0.490 e. The minimum Gasteiger partial charge on any atom is -0.490 e. The fourth-order valence-electron chi connectivity index (χ4n) is 4.29. The van der Waals surface area contributed by atoms with Crippen molar-refractivity contribution in [1.82, 2.24) is 14.9 Å². The number of anilines is 1. The molecule has 0 bridgehead atoms. The summed E-state index contributed by atoms with van der Waals surface area (Å²) in [6.07, 6.45) is 12.8. The van der Waals surface area contributed by atoms with E-state index in [4.69, 9.17) is 4.74 Å². The normalized spacial score (nSPS) is 14.6. The number of likely N-dealkylation sites (tertiary alicyclic amines) is 1. The molecule has 3 rings (SSSR count). The van der Waals surface area contributed by atoms with Crippen LogP contribution in [0.5, 0.6) is 5.75 Å². The van der Waals surface area contributed by atoms with Gasteiger partial charge in [0, 0.05) is 18.7 Å². The summed E-state index contributed by atoms with van der Waals surface area (Å²) in [5.41, 5.74) is 3.02. The Hall–Kier alpha value is -2.60. The molecule has 180 valence electrons. The zero-order valence-corrected chi connectivity index (χ0v) is 20.4. The average Bonchev–Trinajstić information content (AvgIpc) is 2.83. The molecule has 1 fully saturated rings. The summed E-state index contributed by atoms with van der Waals surface area (Å²) in [5.74, 6) is 1.44. The quantitative estimate of drug-likeness (QED) is 0.327. The number of hydrogen-bond donors (Lipinski definition) is 2. The molecule has 6 nitrogen and oxygen atoms in total. The Morgan fingerprint density at radius 2 is 2.00 bits per heavy atom. The first-order valence-electron chi connectivity index (χ1n) is 12.6. The number of piperidine rings is 1. The Labute approximate surface area is 198 Å². The Kier molecular flexibility index (Phi) is 10.5. The van der Waals surface area contributed by atoms with Gasteiger partial charge in [-0.25, -0.2) is 4.98 Å². The topological polar surface area (TPSA) is 70.2 Å². The molecule has 0 atom stereocenters. The maximum absolute atomic E-state index is 12.5. The molecule has 2 aromatic rings. The van der Waals surface area contributed by atoms with Crippen LogP contribution in [0.2, 0.25) is 0 Å². The van der Waals surface area contributed by atoms with Crippen molar-refractivity contribution in [3.05, 3.63) is 63.6 Å². The van der Waals surface area contributed by atoms with Crippen LogP contribution in [0.25, 0.3) is 0 Å². The fraction of sp³-hybridized carbons (Fsp3) is 0.556. The van der Waals surface area contributed by atoms with Gasteiger partial charge in [0.2, 0.25) is 5.95 Å². The number of unbranched alkanes of at least 4 members (excludes halogenated alkanes) is 2.